The van der Waals surface area contributed by atoms with Crippen molar-refractivity contribution in [2.45, 2.75) is 224 Å². The lowest BCUT2D eigenvalue weighted by Crippen LogP contribution is -2.76. The monoisotopic (exact) mass is 1190 g/mol. The summed E-state index contributed by atoms with van der Waals surface area (Å²) in [6.07, 6.45) is -23.7. The minimum atomic E-state index is -2.07. The zero-order valence-corrected chi connectivity index (χ0v) is 49.3. The van der Waals surface area contributed by atoms with E-state index < -0.39 is 199 Å². The Morgan fingerprint density at radius 1 is 0.690 bits per heavy atom. The molecule has 0 amide bonds. The van der Waals surface area contributed by atoms with Crippen molar-refractivity contribution in [3.05, 3.63) is 53.6 Å². The number of allylic oxidation sites excluding steroid dienone is 1. The van der Waals surface area contributed by atoms with Gasteiger partial charge in [0.1, 0.15) is 67.1 Å². The highest BCUT2D eigenvalue weighted by molar-refractivity contribution is 5.87. The molecule has 3 saturated heterocycles. The van der Waals surface area contributed by atoms with Crippen molar-refractivity contribution in [2.75, 3.05) is 19.8 Å². The summed E-state index contributed by atoms with van der Waals surface area (Å²) >= 11 is 0. The van der Waals surface area contributed by atoms with E-state index in [1.54, 1.807) is 13.0 Å². The Morgan fingerprint density at radius 2 is 1.30 bits per heavy atom. The number of hydrogen-bond donors (Lipinski definition) is 12. The Labute approximate surface area is 489 Å². The van der Waals surface area contributed by atoms with E-state index in [2.05, 4.69) is 19.9 Å². The molecule has 7 fully saturated rings. The normalized spacial score (nSPS) is 47.3. The second kappa shape index (κ2) is 24.1. The van der Waals surface area contributed by atoms with Crippen molar-refractivity contribution in [2.24, 2.45) is 56.2 Å². The fourth-order valence-corrected chi connectivity index (χ4v) is 16.9. The lowest BCUT2D eigenvalue weighted by molar-refractivity contribution is -0.383. The number of aliphatic hydroxyl groups excluding tert-OH is 11. The molecule has 0 radical (unpaired) electrons. The molecule has 3 aliphatic heterocycles. The van der Waals surface area contributed by atoms with E-state index in [1.807, 2.05) is 71.9 Å². The highest BCUT2D eigenvalue weighted by Crippen LogP contribution is 2.76. The van der Waals surface area contributed by atoms with Gasteiger partial charge in [0, 0.05) is 16.9 Å². The molecule has 472 valence electrons. The summed E-state index contributed by atoms with van der Waals surface area (Å²) < 4.78 is 48.8. The number of benzene rings is 1. The Morgan fingerprint density at radius 3 is 1.89 bits per heavy atom. The number of carboxylic acid groups (broad SMARTS) is 1. The maximum Gasteiger partial charge on any atom is 0.335 e. The van der Waals surface area contributed by atoms with Crippen LogP contribution in [-0.4, -0.2) is 216 Å². The number of rotatable bonds is 16. The lowest BCUT2D eigenvalue weighted by Gasteiger charge is -2.73. The molecule has 0 bridgehead atoms. The van der Waals surface area contributed by atoms with Crippen molar-refractivity contribution in [3.8, 4) is 0 Å². The van der Waals surface area contributed by atoms with Gasteiger partial charge in [-0.2, -0.15) is 0 Å². The van der Waals surface area contributed by atoms with Crippen LogP contribution in [0.15, 0.2) is 48.1 Å². The molecule has 9 rings (SSSR count). The number of aliphatic hydroxyl groups is 11. The molecule has 23 heteroatoms. The molecule has 8 aliphatic rings. The van der Waals surface area contributed by atoms with Gasteiger partial charge in [0.2, 0.25) is 0 Å². The summed E-state index contributed by atoms with van der Waals surface area (Å²) in [5.41, 5.74) is -4.21. The lowest BCUT2D eigenvalue weighted by atomic mass is 9.32. The van der Waals surface area contributed by atoms with Crippen molar-refractivity contribution in [3.63, 3.8) is 0 Å². The number of esters is 2. The Hall–Kier alpha value is -3.57. The highest BCUT2D eigenvalue weighted by atomic mass is 16.8. The predicted octanol–water partition coefficient (Wildman–Crippen LogP) is 1.09. The smallest absolute Gasteiger partial charge is 0.335 e. The molecule has 84 heavy (non-hydrogen) atoms. The first-order valence-electron chi connectivity index (χ1n) is 29.7. The van der Waals surface area contributed by atoms with Crippen LogP contribution >= 0.6 is 0 Å². The van der Waals surface area contributed by atoms with Crippen molar-refractivity contribution < 1.29 is 114 Å². The molecular weight excluding hydrogens is 1100 g/mol. The first kappa shape index (κ1) is 64.9. The van der Waals surface area contributed by atoms with Crippen LogP contribution in [0.1, 0.15) is 113 Å². The van der Waals surface area contributed by atoms with E-state index in [1.165, 1.54) is 6.08 Å². The molecule has 12 N–H and O–H groups in total. The van der Waals surface area contributed by atoms with Gasteiger partial charge in [-0.3, -0.25) is 4.79 Å². The Bertz CT molecular complexity index is 2580. The van der Waals surface area contributed by atoms with E-state index >= 15 is 0 Å². The fraction of sp³-hybridized carbons (Fsp3) is 0.787. The Kier molecular flexibility index (Phi) is 18.6. The van der Waals surface area contributed by atoms with Gasteiger partial charge >= 0.3 is 17.9 Å². The van der Waals surface area contributed by atoms with Gasteiger partial charge in [0.25, 0.3) is 0 Å². The van der Waals surface area contributed by atoms with Gasteiger partial charge in [-0.05, 0) is 90.6 Å². The van der Waals surface area contributed by atoms with Crippen LogP contribution in [0.5, 0.6) is 0 Å². The fourth-order valence-electron chi connectivity index (χ4n) is 16.9. The van der Waals surface area contributed by atoms with Crippen LogP contribution in [-0.2, 0) is 52.3 Å². The predicted molar refractivity (Wildman–Crippen MR) is 293 cm³/mol. The minimum Gasteiger partial charge on any atom is -0.479 e. The third kappa shape index (κ3) is 10.5. The molecule has 1 unspecified atom stereocenters. The third-order valence-corrected chi connectivity index (χ3v) is 22.1. The van der Waals surface area contributed by atoms with Crippen LogP contribution in [0.25, 0.3) is 6.08 Å². The molecule has 4 saturated carbocycles. The molecule has 1 aromatic rings. The number of carboxylic acids is 1. The van der Waals surface area contributed by atoms with E-state index in [0.29, 0.717) is 38.5 Å². The van der Waals surface area contributed by atoms with Gasteiger partial charge in [0.05, 0.1) is 49.5 Å². The van der Waals surface area contributed by atoms with Crippen molar-refractivity contribution >= 4 is 24.0 Å². The van der Waals surface area contributed by atoms with Crippen LogP contribution < -0.4 is 0 Å². The summed E-state index contributed by atoms with van der Waals surface area (Å²) in [4.78, 5) is 40.9. The van der Waals surface area contributed by atoms with Crippen LogP contribution in [0.2, 0.25) is 0 Å². The number of hydrogen-bond acceptors (Lipinski definition) is 22. The van der Waals surface area contributed by atoms with Gasteiger partial charge < -0.3 is 99.2 Å². The number of fused-ring (bicyclic) bond motifs is 7. The first-order valence-corrected chi connectivity index (χ1v) is 29.7. The molecular formula is C61H90O23. The van der Waals surface area contributed by atoms with Crippen molar-refractivity contribution in [1.82, 2.24) is 0 Å². The Balaban J connectivity index is 1.02. The number of ether oxygens (including phenoxy) is 8. The topological polar surface area (TPSA) is 368 Å². The quantitative estimate of drug-likeness (QED) is 0.0477. The summed E-state index contributed by atoms with van der Waals surface area (Å²) in [7, 11) is 0. The molecule has 27 atom stereocenters. The van der Waals surface area contributed by atoms with E-state index in [-0.39, 0.29) is 18.3 Å². The average Bonchev–Trinajstić information content (AvgIpc) is 0.786. The second-order valence-corrected chi connectivity index (χ2v) is 27.2. The van der Waals surface area contributed by atoms with Crippen LogP contribution in [0, 0.1) is 56.2 Å². The molecule has 1 aromatic carbocycles. The zero-order chi connectivity index (χ0) is 61.6. The third-order valence-electron chi connectivity index (χ3n) is 22.1. The summed E-state index contributed by atoms with van der Waals surface area (Å²) in [5, 5.41) is 134. The number of carbonyl (C=O) groups is 3. The number of carbonyl (C=O) groups excluding carboxylic acids is 2. The van der Waals surface area contributed by atoms with E-state index in [9.17, 15) is 75.7 Å². The van der Waals surface area contributed by atoms with Gasteiger partial charge in [-0.1, -0.05) is 104 Å². The second-order valence-electron chi connectivity index (χ2n) is 27.2. The van der Waals surface area contributed by atoms with Crippen LogP contribution in [0.4, 0.5) is 0 Å². The minimum absolute atomic E-state index is 0.150. The summed E-state index contributed by atoms with van der Waals surface area (Å²) in [6.45, 7) is 15.5. The average molecular weight is 1190 g/mol. The summed E-state index contributed by atoms with van der Waals surface area (Å²) in [5.74, 6) is -4.51. The van der Waals surface area contributed by atoms with E-state index in [4.69, 9.17) is 37.9 Å². The molecule has 5 aliphatic carbocycles. The molecule has 3 heterocycles. The van der Waals surface area contributed by atoms with Gasteiger partial charge in [-0.25, -0.2) is 9.59 Å². The van der Waals surface area contributed by atoms with Crippen molar-refractivity contribution in [1.29, 1.82) is 0 Å². The standard InChI is InChI=1S/C61H90O23/c1-10-28(2)52(76)84-50-49(80-37(65)19-16-29-14-12-11-13-15-29)56(3,4)24-31-30-17-18-35-58(7)22-21-36(57(5,6)34(58)20-23-59(35,8)60(30,9)47(72)48(73)61(31,50)27-64)79-55-45(82-54-42(70)40(68)38(66)32(25-62)77-54)43(71)44(46(83-55)51(74)75)81-53-41(69)39(67)33(26-63)78-53/h11-17,19,28,31-36,38-50,53-55,62-64,66-73H,10,18,20-27H2,1-9H3,(H,74,75)/t28-,31?,32-,33+,34+,35-,36+,38-,39+,40+,41-,42-,43+,44+,45-,46+,47+,48-,49+,50+,53+,54+,55-,58+,59-,60+,61+/m1/s1. The molecule has 0 aromatic heterocycles. The zero-order valence-electron chi connectivity index (χ0n) is 49.3. The SMILES string of the molecule is CC[C@@H](C)C(=O)O[C@H]1[C@H](OC(=O)C=Cc2ccccc2)C(C)(C)CC2C3=CC[C@@H]4[C@@]5(C)CC[C@H](O[C@@H]6O[C@H](C(=O)O)[C@@H](O[C@@H]7O[C@@H](CO)[C@H](O)[C@H]7O)[C@H](O)[C@H]6O[C@@H]6O[C@H](CO)[C@@H](O)[C@H](O)[C@H]6O)C(C)(C)[C@@H]5CC[C@@]4(C)[C@]3(C)[C@@H](O)[C@@H](O)[C@]21CO. The first-order chi connectivity index (χ1) is 39.4. The van der Waals surface area contributed by atoms with Crippen LogP contribution in [0.3, 0.4) is 0 Å². The number of aliphatic carboxylic acids is 1. The summed E-state index contributed by atoms with van der Waals surface area (Å²) in [6, 6.07) is 9.17. The van der Waals surface area contributed by atoms with Gasteiger partial charge in [0.15, 0.2) is 31.1 Å². The molecule has 23 nitrogen and oxygen atoms in total. The van der Waals surface area contributed by atoms with Gasteiger partial charge in [-0.15, -0.1) is 0 Å². The largest absolute Gasteiger partial charge is 0.479 e. The maximum absolute atomic E-state index is 14.0. The highest BCUT2D eigenvalue weighted by Gasteiger charge is 2.76. The van der Waals surface area contributed by atoms with E-state index in [0.717, 1.165) is 11.1 Å². The molecule has 0 spiro atoms. The maximum atomic E-state index is 14.0.